The fourth-order valence-electron chi connectivity index (χ4n) is 3.69. The first-order valence-electron chi connectivity index (χ1n) is 8.97. The van der Waals surface area contributed by atoms with Crippen LogP contribution < -0.4 is 5.32 Å². The zero-order valence-corrected chi connectivity index (χ0v) is 14.9. The molecule has 1 atom stereocenters. The van der Waals surface area contributed by atoms with E-state index in [4.69, 9.17) is 0 Å². The fourth-order valence-corrected chi connectivity index (χ4v) is 3.69. The zero-order chi connectivity index (χ0) is 19.3. The predicted molar refractivity (Wildman–Crippen MR) is 92.3 cm³/mol. The second-order valence-electron chi connectivity index (χ2n) is 7.26. The highest BCUT2D eigenvalue weighted by atomic mass is 16.2. The Morgan fingerprint density at radius 2 is 1.89 bits per heavy atom. The van der Waals surface area contributed by atoms with E-state index in [1.54, 1.807) is 30.1 Å². The van der Waals surface area contributed by atoms with Crippen LogP contribution in [-0.2, 0) is 20.9 Å². The smallest absolute Gasteiger partial charge is 0.262 e. The van der Waals surface area contributed by atoms with E-state index in [2.05, 4.69) is 5.32 Å². The third-order valence-electron chi connectivity index (χ3n) is 5.26. The largest absolute Gasteiger partial charge is 0.341 e. The quantitative estimate of drug-likeness (QED) is 0.777. The lowest BCUT2D eigenvalue weighted by molar-refractivity contribution is -0.136. The molecule has 1 aliphatic carbocycles. The third-order valence-corrected chi connectivity index (χ3v) is 5.26. The van der Waals surface area contributed by atoms with Crippen LogP contribution >= 0.6 is 0 Å². The van der Waals surface area contributed by atoms with Crippen molar-refractivity contribution in [2.45, 2.75) is 38.3 Å². The third kappa shape index (κ3) is 2.90. The number of amides is 5. The van der Waals surface area contributed by atoms with Crippen LogP contribution in [0, 0.1) is 5.92 Å². The molecule has 2 fully saturated rings. The molecular formula is C19H19N3O5. The fraction of sp³-hybridized carbons (Fsp3) is 0.421. The molecule has 0 radical (unpaired) electrons. The van der Waals surface area contributed by atoms with E-state index in [9.17, 15) is 24.0 Å². The lowest BCUT2D eigenvalue weighted by Crippen LogP contribution is -2.54. The summed E-state index contributed by atoms with van der Waals surface area (Å²) in [7, 11) is 1.68. The number of fused-ring (bicyclic) bond motifs is 1. The molecule has 1 saturated heterocycles. The predicted octanol–water partition coefficient (Wildman–Crippen LogP) is 0.456. The Hall–Kier alpha value is -3.03. The summed E-state index contributed by atoms with van der Waals surface area (Å²) in [5.41, 5.74) is 1.05. The van der Waals surface area contributed by atoms with Gasteiger partial charge in [0.05, 0.1) is 11.1 Å². The molecule has 1 saturated carbocycles. The van der Waals surface area contributed by atoms with E-state index in [1.807, 2.05) is 0 Å². The van der Waals surface area contributed by atoms with Gasteiger partial charge in [-0.3, -0.25) is 34.2 Å². The number of nitrogens with zero attached hydrogens (tertiary/aromatic N) is 2. The van der Waals surface area contributed by atoms with Crippen molar-refractivity contribution in [3.05, 3.63) is 34.9 Å². The number of rotatable bonds is 4. The average Bonchev–Trinajstić information content (AvgIpc) is 3.44. The van der Waals surface area contributed by atoms with Crippen LogP contribution in [0.4, 0.5) is 0 Å². The van der Waals surface area contributed by atoms with Gasteiger partial charge in [0.2, 0.25) is 17.7 Å². The Morgan fingerprint density at radius 1 is 1.15 bits per heavy atom. The van der Waals surface area contributed by atoms with Crippen LogP contribution in [0.15, 0.2) is 18.2 Å². The van der Waals surface area contributed by atoms with Crippen molar-refractivity contribution >= 4 is 29.5 Å². The first-order valence-corrected chi connectivity index (χ1v) is 8.97. The lowest BCUT2D eigenvalue weighted by atomic mass is 10.0. The number of carbonyl (C=O) groups is 5. The molecule has 27 heavy (non-hydrogen) atoms. The van der Waals surface area contributed by atoms with E-state index in [0.29, 0.717) is 5.56 Å². The number of hydrogen-bond donors (Lipinski definition) is 1. The lowest BCUT2D eigenvalue weighted by Gasteiger charge is -2.28. The summed E-state index contributed by atoms with van der Waals surface area (Å²) in [6, 6.07) is 3.94. The maximum absolute atomic E-state index is 13.0. The molecule has 1 aromatic carbocycles. The minimum atomic E-state index is -0.992. The molecule has 2 heterocycles. The minimum Gasteiger partial charge on any atom is -0.341 e. The number of benzene rings is 1. The second kappa shape index (κ2) is 6.29. The molecule has 8 nitrogen and oxygen atoms in total. The van der Waals surface area contributed by atoms with Gasteiger partial charge in [-0.25, -0.2) is 0 Å². The van der Waals surface area contributed by atoms with Crippen LogP contribution in [0.1, 0.15) is 52.0 Å². The first-order chi connectivity index (χ1) is 12.9. The highest BCUT2D eigenvalue weighted by molar-refractivity contribution is 6.24. The van der Waals surface area contributed by atoms with Gasteiger partial charge in [-0.2, -0.15) is 0 Å². The number of carbonyl (C=O) groups excluding carboxylic acids is 5. The molecule has 4 rings (SSSR count). The summed E-state index contributed by atoms with van der Waals surface area (Å²) in [5.74, 6) is -2.04. The molecular weight excluding hydrogens is 350 g/mol. The van der Waals surface area contributed by atoms with Crippen molar-refractivity contribution in [3.63, 3.8) is 0 Å². The topological polar surface area (TPSA) is 104 Å². The number of piperidine rings is 1. The molecule has 0 aromatic heterocycles. The summed E-state index contributed by atoms with van der Waals surface area (Å²) in [5, 5.41) is 2.18. The maximum Gasteiger partial charge on any atom is 0.262 e. The Bertz CT molecular complexity index is 889. The van der Waals surface area contributed by atoms with Crippen LogP contribution in [0.2, 0.25) is 0 Å². The van der Waals surface area contributed by atoms with Crippen molar-refractivity contribution in [1.82, 2.24) is 15.1 Å². The highest BCUT2D eigenvalue weighted by Crippen LogP contribution is 2.33. The van der Waals surface area contributed by atoms with Crippen LogP contribution in [0.25, 0.3) is 0 Å². The summed E-state index contributed by atoms with van der Waals surface area (Å²) in [6.07, 6.45) is 1.97. The Labute approximate surface area is 155 Å². The van der Waals surface area contributed by atoms with Gasteiger partial charge in [-0.05, 0) is 30.9 Å². The monoisotopic (exact) mass is 369 g/mol. The summed E-state index contributed by atoms with van der Waals surface area (Å²) < 4.78 is 0. The van der Waals surface area contributed by atoms with Crippen LogP contribution in [0.3, 0.4) is 0 Å². The Kier molecular flexibility index (Phi) is 4.05. The van der Waals surface area contributed by atoms with Crippen molar-refractivity contribution in [2.75, 3.05) is 7.05 Å². The van der Waals surface area contributed by atoms with Crippen molar-refractivity contribution in [2.24, 2.45) is 5.92 Å². The van der Waals surface area contributed by atoms with E-state index in [0.717, 1.165) is 17.7 Å². The molecule has 2 aliphatic heterocycles. The van der Waals surface area contributed by atoms with Crippen molar-refractivity contribution in [3.8, 4) is 0 Å². The van der Waals surface area contributed by atoms with Crippen LogP contribution in [-0.4, -0.2) is 52.4 Å². The zero-order valence-electron chi connectivity index (χ0n) is 14.9. The van der Waals surface area contributed by atoms with Gasteiger partial charge >= 0.3 is 0 Å². The highest BCUT2D eigenvalue weighted by Gasteiger charge is 2.45. The Morgan fingerprint density at radius 3 is 2.56 bits per heavy atom. The SMILES string of the molecule is CN(Cc1cccc2c1C(=O)N(C1CCC(=O)NC1=O)C2=O)C(=O)C1CC1. The molecule has 8 heteroatoms. The average molecular weight is 369 g/mol. The molecule has 1 aromatic rings. The maximum atomic E-state index is 13.0. The summed E-state index contributed by atoms with van der Waals surface area (Å²) in [6.45, 7) is 0.223. The summed E-state index contributed by atoms with van der Waals surface area (Å²) >= 11 is 0. The number of imide groups is 2. The first kappa shape index (κ1) is 17.4. The molecule has 1 unspecified atom stereocenters. The van der Waals surface area contributed by atoms with Gasteiger partial charge in [-0.15, -0.1) is 0 Å². The normalized spacial score (nSPS) is 22.0. The standard InChI is InChI=1S/C19H19N3O5/c1-21(17(25)10-5-6-10)9-11-3-2-4-12-15(11)19(27)22(18(12)26)13-7-8-14(23)20-16(13)24/h2-4,10,13H,5-9H2,1H3,(H,20,23,24). The number of nitrogens with one attached hydrogen (secondary N) is 1. The molecule has 0 bridgehead atoms. The molecule has 3 aliphatic rings. The minimum absolute atomic E-state index is 0.0337. The van der Waals surface area contributed by atoms with Gasteiger partial charge in [0.1, 0.15) is 6.04 Å². The van der Waals surface area contributed by atoms with Gasteiger partial charge in [0.15, 0.2) is 0 Å². The van der Waals surface area contributed by atoms with Crippen molar-refractivity contribution in [1.29, 1.82) is 0 Å². The van der Waals surface area contributed by atoms with Gasteiger partial charge in [0.25, 0.3) is 11.8 Å². The number of hydrogen-bond acceptors (Lipinski definition) is 5. The molecule has 5 amide bonds. The van der Waals surface area contributed by atoms with Crippen LogP contribution in [0.5, 0.6) is 0 Å². The van der Waals surface area contributed by atoms with E-state index in [1.165, 1.54) is 0 Å². The molecule has 0 spiro atoms. The molecule has 1 N–H and O–H groups in total. The van der Waals surface area contributed by atoms with E-state index < -0.39 is 29.7 Å². The Balaban J connectivity index is 1.62. The van der Waals surface area contributed by atoms with Crippen molar-refractivity contribution < 1.29 is 24.0 Å². The second-order valence-corrected chi connectivity index (χ2v) is 7.26. The summed E-state index contributed by atoms with van der Waals surface area (Å²) in [4.78, 5) is 64.0. The molecule has 140 valence electrons. The van der Waals surface area contributed by atoms with E-state index in [-0.39, 0.29) is 42.3 Å². The van der Waals surface area contributed by atoms with Gasteiger partial charge in [0, 0.05) is 25.9 Å². The van der Waals surface area contributed by atoms with Gasteiger partial charge < -0.3 is 4.90 Å². The van der Waals surface area contributed by atoms with E-state index >= 15 is 0 Å². The van der Waals surface area contributed by atoms with Gasteiger partial charge in [-0.1, -0.05) is 12.1 Å².